The first-order valence-corrected chi connectivity index (χ1v) is 9.02. The molecule has 7 heteroatoms. The number of nitrogens with one attached hydrogen (secondary N) is 1. The second-order valence-electron chi connectivity index (χ2n) is 5.42. The molecule has 26 heavy (non-hydrogen) atoms. The summed E-state index contributed by atoms with van der Waals surface area (Å²) in [6.07, 6.45) is 0. The maximum absolute atomic E-state index is 11.8. The van der Waals surface area contributed by atoms with Crippen molar-refractivity contribution in [3.8, 4) is 11.5 Å². The van der Waals surface area contributed by atoms with E-state index in [1.807, 2.05) is 48.5 Å². The maximum atomic E-state index is 11.8. The highest BCUT2D eigenvalue weighted by molar-refractivity contribution is 7.18. The van der Waals surface area contributed by atoms with Gasteiger partial charge in [0.2, 0.25) is 5.91 Å². The van der Waals surface area contributed by atoms with Gasteiger partial charge >= 0.3 is 0 Å². The summed E-state index contributed by atoms with van der Waals surface area (Å²) in [5, 5.41) is 3.62. The molecule has 0 spiro atoms. The monoisotopic (exact) mass is 372 g/mol. The van der Waals surface area contributed by atoms with Crippen LogP contribution in [0, 0.1) is 0 Å². The molecule has 0 radical (unpaired) electrons. The van der Waals surface area contributed by atoms with E-state index < -0.39 is 0 Å². The average Bonchev–Trinajstić information content (AvgIpc) is 3.08. The quantitative estimate of drug-likeness (QED) is 0.585. The van der Waals surface area contributed by atoms with Crippen LogP contribution in [0.1, 0.15) is 5.01 Å². The number of carbonyl (C=O) groups is 1. The van der Waals surface area contributed by atoms with Crippen LogP contribution in [0.15, 0.2) is 48.5 Å². The fourth-order valence-electron chi connectivity index (χ4n) is 2.35. The first-order valence-electron chi connectivity index (χ1n) is 8.21. The van der Waals surface area contributed by atoms with Gasteiger partial charge in [-0.3, -0.25) is 4.79 Å². The Balaban J connectivity index is 1.34. The fraction of sp³-hybridized carbons (Fsp3) is 0.263. The van der Waals surface area contributed by atoms with Gasteiger partial charge in [-0.2, -0.15) is 0 Å². The predicted molar refractivity (Wildman–Crippen MR) is 101 cm³/mol. The number of para-hydroxylation sites is 3. The topological polar surface area (TPSA) is 69.7 Å². The van der Waals surface area contributed by atoms with Crippen molar-refractivity contribution in [2.24, 2.45) is 0 Å². The van der Waals surface area contributed by atoms with Gasteiger partial charge < -0.3 is 19.5 Å². The summed E-state index contributed by atoms with van der Waals surface area (Å²) in [6.45, 7) is 1.06. The number of rotatable bonds is 9. The predicted octanol–water partition coefficient (Wildman–Crippen LogP) is 3.02. The smallest absolute Gasteiger partial charge is 0.246 e. The Bertz CT molecular complexity index is 832. The van der Waals surface area contributed by atoms with E-state index in [1.165, 1.54) is 0 Å². The zero-order chi connectivity index (χ0) is 18.2. The van der Waals surface area contributed by atoms with Crippen molar-refractivity contribution in [3.05, 3.63) is 53.5 Å². The van der Waals surface area contributed by atoms with E-state index in [-0.39, 0.29) is 12.5 Å². The van der Waals surface area contributed by atoms with Crippen molar-refractivity contribution in [1.82, 2.24) is 10.3 Å². The van der Waals surface area contributed by atoms with Crippen LogP contribution in [0.3, 0.4) is 0 Å². The number of methoxy groups -OCH3 is 1. The van der Waals surface area contributed by atoms with Crippen molar-refractivity contribution >= 4 is 27.5 Å². The van der Waals surface area contributed by atoms with Crippen LogP contribution in [0.2, 0.25) is 0 Å². The number of hydrogen-bond acceptors (Lipinski definition) is 6. The molecule has 1 heterocycles. The normalized spacial score (nSPS) is 10.7. The first-order chi connectivity index (χ1) is 12.8. The van der Waals surface area contributed by atoms with Gasteiger partial charge in [-0.15, -0.1) is 11.3 Å². The van der Waals surface area contributed by atoms with Crippen LogP contribution in [0.25, 0.3) is 10.2 Å². The minimum Gasteiger partial charge on any atom is -0.493 e. The molecule has 1 amide bonds. The Hall–Kier alpha value is -2.64. The molecule has 0 aliphatic rings. The summed E-state index contributed by atoms with van der Waals surface area (Å²) in [7, 11) is 1.59. The molecule has 136 valence electrons. The molecule has 2 aromatic carbocycles. The Morgan fingerprint density at radius 3 is 2.69 bits per heavy atom. The zero-order valence-electron chi connectivity index (χ0n) is 14.4. The van der Waals surface area contributed by atoms with E-state index in [1.54, 1.807) is 18.4 Å². The molecule has 1 N–H and O–H groups in total. The maximum Gasteiger partial charge on any atom is 0.246 e. The fourth-order valence-corrected chi connectivity index (χ4v) is 3.26. The highest BCUT2D eigenvalue weighted by Gasteiger charge is 2.06. The number of carbonyl (C=O) groups excluding carboxylic acids is 1. The Kier molecular flexibility index (Phi) is 6.40. The molecule has 0 atom stereocenters. The molecule has 6 nitrogen and oxygen atoms in total. The third-order valence-corrected chi connectivity index (χ3v) is 4.56. The van der Waals surface area contributed by atoms with Crippen LogP contribution in [-0.4, -0.2) is 37.8 Å². The molecular weight excluding hydrogens is 352 g/mol. The summed E-state index contributed by atoms with van der Waals surface area (Å²) in [6, 6.07) is 15.3. The highest BCUT2D eigenvalue weighted by Crippen LogP contribution is 2.25. The molecule has 0 fully saturated rings. The van der Waals surface area contributed by atoms with Gasteiger partial charge in [0.05, 0.1) is 30.5 Å². The van der Waals surface area contributed by atoms with Crippen molar-refractivity contribution < 1.29 is 19.0 Å². The van der Waals surface area contributed by atoms with Crippen LogP contribution < -0.4 is 14.8 Å². The van der Waals surface area contributed by atoms with Gasteiger partial charge in [-0.1, -0.05) is 24.3 Å². The van der Waals surface area contributed by atoms with E-state index >= 15 is 0 Å². The zero-order valence-corrected chi connectivity index (χ0v) is 15.3. The van der Waals surface area contributed by atoms with Crippen molar-refractivity contribution in [3.63, 3.8) is 0 Å². The van der Waals surface area contributed by atoms with Gasteiger partial charge in [0, 0.05) is 0 Å². The van der Waals surface area contributed by atoms with Crippen LogP contribution in [0.5, 0.6) is 11.5 Å². The molecule has 0 aliphatic heterocycles. The van der Waals surface area contributed by atoms with E-state index in [0.29, 0.717) is 31.3 Å². The molecule has 0 bridgehead atoms. The van der Waals surface area contributed by atoms with Crippen LogP contribution >= 0.6 is 11.3 Å². The number of aromatic nitrogens is 1. The Morgan fingerprint density at radius 1 is 1.12 bits per heavy atom. The number of ether oxygens (including phenoxy) is 3. The van der Waals surface area contributed by atoms with E-state index in [9.17, 15) is 4.79 Å². The second kappa shape index (κ2) is 9.17. The van der Waals surface area contributed by atoms with E-state index in [2.05, 4.69) is 10.3 Å². The van der Waals surface area contributed by atoms with Crippen LogP contribution in [-0.2, 0) is 16.1 Å². The van der Waals surface area contributed by atoms with Crippen molar-refractivity contribution in [1.29, 1.82) is 0 Å². The SMILES string of the molecule is COc1ccccc1OCCNC(=O)COCc1nc2ccccc2s1. The molecule has 0 saturated carbocycles. The Labute approximate surface area is 155 Å². The third-order valence-electron chi connectivity index (χ3n) is 3.55. The minimum atomic E-state index is -0.185. The number of fused-ring (bicyclic) bond motifs is 1. The molecule has 3 aromatic rings. The second-order valence-corrected chi connectivity index (χ2v) is 6.53. The summed E-state index contributed by atoms with van der Waals surface area (Å²) < 4.78 is 17.4. The highest BCUT2D eigenvalue weighted by atomic mass is 32.1. The average molecular weight is 372 g/mol. The lowest BCUT2D eigenvalue weighted by Crippen LogP contribution is -2.31. The first kappa shape index (κ1) is 18.2. The van der Waals surface area contributed by atoms with Gasteiger partial charge in [0.1, 0.15) is 18.2 Å². The standard InChI is InChI=1S/C19H20N2O4S/c1-23-15-7-3-4-8-16(15)25-11-10-20-18(22)12-24-13-19-21-14-6-2-5-9-17(14)26-19/h2-9H,10-13H2,1H3,(H,20,22). The number of thiazole rings is 1. The summed E-state index contributed by atoms with van der Waals surface area (Å²) in [5.41, 5.74) is 0.953. The third kappa shape index (κ3) is 4.93. The van der Waals surface area contributed by atoms with Crippen molar-refractivity contribution in [2.45, 2.75) is 6.61 Å². The number of amides is 1. The van der Waals surface area contributed by atoms with Crippen molar-refractivity contribution in [2.75, 3.05) is 26.9 Å². The van der Waals surface area contributed by atoms with Gasteiger partial charge in [-0.25, -0.2) is 4.98 Å². The molecule has 3 rings (SSSR count). The molecule has 0 saturated heterocycles. The summed E-state index contributed by atoms with van der Waals surface area (Å²) in [4.78, 5) is 16.3. The number of nitrogens with zero attached hydrogens (tertiary/aromatic N) is 1. The van der Waals surface area contributed by atoms with Gasteiger partial charge in [0.15, 0.2) is 11.5 Å². The largest absolute Gasteiger partial charge is 0.493 e. The van der Waals surface area contributed by atoms with E-state index in [0.717, 1.165) is 15.2 Å². The summed E-state index contributed by atoms with van der Waals surface area (Å²) >= 11 is 1.57. The number of benzene rings is 2. The summed E-state index contributed by atoms with van der Waals surface area (Å²) in [5.74, 6) is 1.13. The lowest BCUT2D eigenvalue weighted by Gasteiger charge is -2.10. The van der Waals surface area contributed by atoms with E-state index in [4.69, 9.17) is 14.2 Å². The Morgan fingerprint density at radius 2 is 1.88 bits per heavy atom. The van der Waals surface area contributed by atoms with Crippen LogP contribution in [0.4, 0.5) is 0 Å². The lowest BCUT2D eigenvalue weighted by molar-refractivity contribution is -0.126. The molecule has 1 aromatic heterocycles. The van der Waals surface area contributed by atoms with Gasteiger partial charge in [0.25, 0.3) is 0 Å². The molecule has 0 unspecified atom stereocenters. The molecular formula is C19H20N2O4S. The molecule has 0 aliphatic carbocycles. The van der Waals surface area contributed by atoms with Gasteiger partial charge in [-0.05, 0) is 24.3 Å². The number of hydrogen-bond donors (Lipinski definition) is 1. The minimum absolute atomic E-state index is 0.00934. The lowest BCUT2D eigenvalue weighted by atomic mass is 10.3.